The van der Waals surface area contributed by atoms with Crippen molar-refractivity contribution in [3.63, 3.8) is 0 Å². The van der Waals surface area contributed by atoms with Crippen molar-refractivity contribution in [2.75, 3.05) is 5.32 Å². The quantitative estimate of drug-likeness (QED) is 0.433. The number of benzene rings is 2. The van der Waals surface area contributed by atoms with Crippen molar-refractivity contribution in [1.29, 1.82) is 0 Å². The molecule has 0 unspecified atom stereocenters. The van der Waals surface area contributed by atoms with Crippen LogP contribution in [0.2, 0.25) is 0 Å². The molecule has 6 nitrogen and oxygen atoms in total. The van der Waals surface area contributed by atoms with Crippen LogP contribution in [0.3, 0.4) is 0 Å². The van der Waals surface area contributed by atoms with Gasteiger partial charge in [-0.15, -0.1) is 11.3 Å². The number of anilines is 2. The first-order valence-corrected chi connectivity index (χ1v) is 10.8. The van der Waals surface area contributed by atoms with Crippen LogP contribution >= 0.6 is 11.3 Å². The fourth-order valence-electron chi connectivity index (χ4n) is 3.21. The van der Waals surface area contributed by atoms with Gasteiger partial charge in [0.25, 0.3) is 5.91 Å². The molecule has 3 aromatic rings. The van der Waals surface area contributed by atoms with Crippen LogP contribution in [-0.4, -0.2) is 22.3 Å². The number of nitrogens with zero attached hydrogens (tertiary/aromatic N) is 1. The molecule has 3 N–H and O–H groups in total. The SMILES string of the molecule is O=C(NC1(C(=O)NCc2ccc(Nc3ccc(F)cc3C(F)(F)F)cc2)CC1)c1cncs1. The molecule has 4 rings (SSSR count). The summed E-state index contributed by atoms with van der Waals surface area (Å²) in [7, 11) is 0. The molecule has 2 aromatic carbocycles. The number of hydrogen-bond acceptors (Lipinski definition) is 5. The highest BCUT2D eigenvalue weighted by molar-refractivity contribution is 7.11. The lowest BCUT2D eigenvalue weighted by Crippen LogP contribution is -2.48. The van der Waals surface area contributed by atoms with Gasteiger partial charge in [0, 0.05) is 12.2 Å². The standard InChI is InChI=1S/C22H18F4N4O2S/c23-14-3-6-17(16(9-14)22(24,25)26)29-15-4-1-13(2-5-15)10-28-20(32)21(7-8-21)30-19(31)18-11-27-12-33-18/h1-6,9,11-12,29H,7-8,10H2,(H,28,32)(H,30,31). The van der Waals surface area contributed by atoms with E-state index >= 15 is 0 Å². The van der Waals surface area contributed by atoms with E-state index in [0.29, 0.717) is 35.0 Å². The minimum Gasteiger partial charge on any atom is -0.355 e. The second-order valence-corrected chi connectivity index (χ2v) is 8.48. The lowest BCUT2D eigenvalue weighted by atomic mass is 10.1. The monoisotopic (exact) mass is 478 g/mol. The number of halogens is 4. The number of carbonyl (C=O) groups excluding carboxylic acids is 2. The van der Waals surface area contributed by atoms with Gasteiger partial charge in [0.1, 0.15) is 16.2 Å². The molecule has 11 heteroatoms. The number of alkyl halides is 3. The maximum atomic E-state index is 13.3. The minimum atomic E-state index is -4.71. The summed E-state index contributed by atoms with van der Waals surface area (Å²) in [6, 6.07) is 8.83. The van der Waals surface area contributed by atoms with Crippen LogP contribution in [-0.2, 0) is 17.5 Å². The highest BCUT2D eigenvalue weighted by Crippen LogP contribution is 2.37. The number of hydrogen-bond donors (Lipinski definition) is 3. The Bertz CT molecular complexity index is 1160. The van der Waals surface area contributed by atoms with Gasteiger partial charge in [0.15, 0.2) is 0 Å². The van der Waals surface area contributed by atoms with Crippen LogP contribution in [0, 0.1) is 5.82 Å². The third kappa shape index (κ3) is 5.30. The summed E-state index contributed by atoms with van der Waals surface area (Å²) in [5.41, 5.74) is 0.323. The van der Waals surface area contributed by atoms with Gasteiger partial charge in [-0.3, -0.25) is 14.6 Å². The Morgan fingerprint density at radius 1 is 1.09 bits per heavy atom. The Kier molecular flexibility index (Phi) is 6.07. The molecule has 33 heavy (non-hydrogen) atoms. The molecule has 0 atom stereocenters. The first kappa shape index (κ1) is 22.7. The van der Waals surface area contributed by atoms with Crippen molar-refractivity contribution in [2.24, 2.45) is 0 Å². The van der Waals surface area contributed by atoms with E-state index in [9.17, 15) is 27.2 Å². The zero-order valence-corrected chi connectivity index (χ0v) is 17.8. The van der Waals surface area contributed by atoms with E-state index in [0.717, 1.165) is 12.1 Å². The third-order valence-corrected chi connectivity index (χ3v) is 5.94. The molecule has 1 heterocycles. The van der Waals surface area contributed by atoms with Crippen LogP contribution < -0.4 is 16.0 Å². The summed E-state index contributed by atoms with van der Waals surface area (Å²) in [5, 5.41) is 8.18. The normalized spacial score (nSPS) is 14.4. The Morgan fingerprint density at radius 2 is 1.82 bits per heavy atom. The zero-order chi connectivity index (χ0) is 23.6. The second-order valence-electron chi connectivity index (χ2n) is 7.59. The van der Waals surface area contributed by atoms with E-state index < -0.39 is 23.1 Å². The Morgan fingerprint density at radius 3 is 2.42 bits per heavy atom. The van der Waals surface area contributed by atoms with Crippen LogP contribution in [0.15, 0.2) is 54.2 Å². The smallest absolute Gasteiger partial charge is 0.355 e. The average molecular weight is 478 g/mol. The molecule has 0 bridgehead atoms. The van der Waals surface area contributed by atoms with Crippen LogP contribution in [0.5, 0.6) is 0 Å². The van der Waals surface area contributed by atoms with E-state index in [2.05, 4.69) is 20.9 Å². The Hall–Kier alpha value is -3.47. The maximum absolute atomic E-state index is 13.3. The van der Waals surface area contributed by atoms with Gasteiger partial charge in [0.05, 0.1) is 23.0 Å². The average Bonchev–Trinajstić information content (AvgIpc) is 3.33. The first-order chi connectivity index (χ1) is 15.7. The summed E-state index contributed by atoms with van der Waals surface area (Å²) >= 11 is 1.18. The van der Waals surface area contributed by atoms with Gasteiger partial charge in [0.2, 0.25) is 5.91 Å². The number of aromatic nitrogens is 1. The van der Waals surface area contributed by atoms with Gasteiger partial charge < -0.3 is 16.0 Å². The molecule has 1 aromatic heterocycles. The summed E-state index contributed by atoms with van der Waals surface area (Å²) in [5.74, 6) is -1.63. The highest BCUT2D eigenvalue weighted by atomic mass is 32.1. The topological polar surface area (TPSA) is 83.1 Å². The fraction of sp³-hybridized carbons (Fsp3) is 0.227. The van der Waals surface area contributed by atoms with Crippen molar-refractivity contribution >= 4 is 34.5 Å². The largest absolute Gasteiger partial charge is 0.418 e. The molecular formula is C22H18F4N4O2S. The summed E-state index contributed by atoms with van der Waals surface area (Å²) in [4.78, 5) is 29.1. The number of thiazole rings is 1. The fourth-order valence-corrected chi connectivity index (χ4v) is 3.73. The van der Waals surface area contributed by atoms with Crippen LogP contribution in [0.4, 0.5) is 28.9 Å². The maximum Gasteiger partial charge on any atom is 0.418 e. The number of amides is 2. The van der Waals surface area contributed by atoms with Gasteiger partial charge in [-0.05, 0) is 48.7 Å². The van der Waals surface area contributed by atoms with Crippen molar-refractivity contribution in [3.05, 3.63) is 76.0 Å². The highest BCUT2D eigenvalue weighted by Gasteiger charge is 2.51. The summed E-state index contributed by atoms with van der Waals surface area (Å²) in [6.45, 7) is 0.182. The lowest BCUT2D eigenvalue weighted by Gasteiger charge is -2.17. The van der Waals surface area contributed by atoms with E-state index in [1.807, 2.05) is 0 Å². The summed E-state index contributed by atoms with van der Waals surface area (Å²) < 4.78 is 52.7. The van der Waals surface area contributed by atoms with E-state index in [-0.39, 0.29) is 24.0 Å². The van der Waals surface area contributed by atoms with Gasteiger partial charge >= 0.3 is 6.18 Å². The molecule has 1 fully saturated rings. The molecule has 1 saturated carbocycles. The molecule has 0 saturated heterocycles. The molecule has 0 radical (unpaired) electrons. The third-order valence-electron chi connectivity index (χ3n) is 5.17. The van der Waals surface area contributed by atoms with E-state index in [4.69, 9.17) is 0 Å². The molecule has 2 amide bonds. The van der Waals surface area contributed by atoms with Crippen molar-refractivity contribution in [3.8, 4) is 0 Å². The molecule has 1 aliphatic rings. The molecule has 172 valence electrons. The minimum absolute atomic E-state index is 0.182. The van der Waals surface area contributed by atoms with Gasteiger partial charge in [-0.25, -0.2) is 4.39 Å². The summed E-state index contributed by atoms with van der Waals surface area (Å²) in [6.07, 6.45) is -2.20. The number of rotatable bonds is 7. The molecule has 0 aliphatic heterocycles. The van der Waals surface area contributed by atoms with Gasteiger partial charge in [-0.1, -0.05) is 12.1 Å². The number of carbonyl (C=O) groups is 2. The Labute approximate surface area is 190 Å². The second kappa shape index (κ2) is 8.81. The predicted octanol–water partition coefficient (Wildman–Crippen LogP) is 4.62. The Balaban J connectivity index is 1.35. The van der Waals surface area contributed by atoms with Crippen molar-refractivity contribution < 1.29 is 27.2 Å². The zero-order valence-electron chi connectivity index (χ0n) is 17.0. The van der Waals surface area contributed by atoms with E-state index in [1.165, 1.54) is 23.0 Å². The molecule has 1 aliphatic carbocycles. The molecule has 0 spiro atoms. The number of nitrogens with one attached hydrogen (secondary N) is 3. The van der Waals surface area contributed by atoms with Crippen LogP contribution in [0.25, 0.3) is 0 Å². The molecular weight excluding hydrogens is 460 g/mol. The predicted molar refractivity (Wildman–Crippen MR) is 115 cm³/mol. The lowest BCUT2D eigenvalue weighted by molar-refractivity contribution is -0.137. The van der Waals surface area contributed by atoms with E-state index in [1.54, 1.807) is 24.3 Å². The van der Waals surface area contributed by atoms with Crippen molar-refractivity contribution in [2.45, 2.75) is 31.1 Å². The van der Waals surface area contributed by atoms with Crippen molar-refractivity contribution in [1.82, 2.24) is 15.6 Å². The van der Waals surface area contributed by atoms with Gasteiger partial charge in [-0.2, -0.15) is 13.2 Å². The van der Waals surface area contributed by atoms with Crippen LogP contribution in [0.1, 0.15) is 33.6 Å². The first-order valence-electron chi connectivity index (χ1n) is 9.88.